The van der Waals surface area contributed by atoms with Gasteiger partial charge in [0.1, 0.15) is 0 Å². The molecule has 0 aliphatic heterocycles. The third kappa shape index (κ3) is 3.14. The molecule has 2 heteroatoms. The van der Waals surface area contributed by atoms with Gasteiger partial charge in [0.05, 0.1) is 5.69 Å². The number of benzene rings is 2. The predicted octanol–water partition coefficient (Wildman–Crippen LogP) is 4.78. The molecule has 0 radical (unpaired) electrons. The van der Waals surface area contributed by atoms with Gasteiger partial charge in [-0.2, -0.15) is 0 Å². The van der Waals surface area contributed by atoms with Gasteiger partial charge >= 0.3 is 0 Å². The SMILES string of the molecule is CCN(Cc1ccccc1)c1cc(C)ccc1Br. The first kappa shape index (κ1) is 13.2. The van der Waals surface area contributed by atoms with Crippen molar-refractivity contribution in [3.63, 3.8) is 0 Å². The van der Waals surface area contributed by atoms with Crippen LogP contribution in [0, 0.1) is 6.92 Å². The van der Waals surface area contributed by atoms with E-state index in [4.69, 9.17) is 0 Å². The Bertz CT molecular complexity index is 508. The van der Waals surface area contributed by atoms with Crippen LogP contribution in [0.1, 0.15) is 18.1 Å². The number of rotatable bonds is 4. The lowest BCUT2D eigenvalue weighted by Gasteiger charge is -2.25. The molecule has 0 spiro atoms. The molecule has 0 amide bonds. The van der Waals surface area contributed by atoms with Gasteiger partial charge in [0.15, 0.2) is 0 Å². The van der Waals surface area contributed by atoms with E-state index in [0.29, 0.717) is 0 Å². The summed E-state index contributed by atoms with van der Waals surface area (Å²) in [7, 11) is 0. The van der Waals surface area contributed by atoms with Crippen LogP contribution in [0.2, 0.25) is 0 Å². The molecule has 2 aromatic carbocycles. The molecule has 2 rings (SSSR count). The minimum atomic E-state index is 0.944. The van der Waals surface area contributed by atoms with Crippen molar-refractivity contribution in [2.75, 3.05) is 11.4 Å². The van der Waals surface area contributed by atoms with Crippen LogP contribution in [0.25, 0.3) is 0 Å². The highest BCUT2D eigenvalue weighted by Crippen LogP contribution is 2.28. The third-order valence-electron chi connectivity index (χ3n) is 3.04. The normalized spacial score (nSPS) is 10.4. The van der Waals surface area contributed by atoms with E-state index in [-0.39, 0.29) is 0 Å². The summed E-state index contributed by atoms with van der Waals surface area (Å²) in [6, 6.07) is 17.1. The lowest BCUT2D eigenvalue weighted by atomic mass is 10.1. The van der Waals surface area contributed by atoms with Crippen molar-refractivity contribution in [2.45, 2.75) is 20.4 Å². The van der Waals surface area contributed by atoms with E-state index in [9.17, 15) is 0 Å². The maximum absolute atomic E-state index is 3.64. The molecule has 0 aromatic heterocycles. The molecular formula is C16H18BrN. The summed E-state index contributed by atoms with van der Waals surface area (Å²) in [6.45, 7) is 6.26. The van der Waals surface area contributed by atoms with Crippen molar-refractivity contribution in [3.8, 4) is 0 Å². The Hall–Kier alpha value is -1.28. The second-order valence-corrected chi connectivity index (χ2v) is 5.31. The number of halogens is 1. The second-order valence-electron chi connectivity index (χ2n) is 4.45. The van der Waals surface area contributed by atoms with Crippen LogP contribution in [-0.2, 0) is 6.54 Å². The molecule has 0 bridgehead atoms. The average molecular weight is 304 g/mol. The third-order valence-corrected chi connectivity index (χ3v) is 3.71. The Balaban J connectivity index is 2.26. The number of nitrogens with zero attached hydrogens (tertiary/aromatic N) is 1. The summed E-state index contributed by atoms with van der Waals surface area (Å²) >= 11 is 3.64. The quantitative estimate of drug-likeness (QED) is 0.785. The van der Waals surface area contributed by atoms with Gasteiger partial charge < -0.3 is 4.90 Å². The molecule has 0 saturated heterocycles. The van der Waals surface area contributed by atoms with Gasteiger partial charge in [-0.1, -0.05) is 36.4 Å². The van der Waals surface area contributed by atoms with E-state index >= 15 is 0 Å². The highest BCUT2D eigenvalue weighted by molar-refractivity contribution is 9.10. The Kier molecular flexibility index (Phi) is 4.43. The fourth-order valence-electron chi connectivity index (χ4n) is 2.04. The van der Waals surface area contributed by atoms with Gasteiger partial charge in [0, 0.05) is 17.6 Å². The zero-order chi connectivity index (χ0) is 13.0. The molecule has 0 N–H and O–H groups in total. The van der Waals surface area contributed by atoms with E-state index in [2.05, 4.69) is 83.2 Å². The van der Waals surface area contributed by atoms with E-state index in [1.807, 2.05) is 0 Å². The van der Waals surface area contributed by atoms with Crippen LogP contribution in [0.4, 0.5) is 5.69 Å². The van der Waals surface area contributed by atoms with Crippen LogP contribution in [0.5, 0.6) is 0 Å². The van der Waals surface area contributed by atoms with Crippen molar-refractivity contribution in [3.05, 3.63) is 64.1 Å². The molecule has 18 heavy (non-hydrogen) atoms. The zero-order valence-electron chi connectivity index (χ0n) is 10.9. The molecule has 0 heterocycles. The summed E-state index contributed by atoms with van der Waals surface area (Å²) in [5.41, 5.74) is 3.90. The van der Waals surface area contributed by atoms with Gasteiger partial charge in [-0.25, -0.2) is 0 Å². The molecule has 0 fully saturated rings. The lowest BCUT2D eigenvalue weighted by molar-refractivity contribution is 0.829. The maximum atomic E-state index is 3.64. The van der Waals surface area contributed by atoms with Crippen molar-refractivity contribution in [2.24, 2.45) is 0 Å². The smallest absolute Gasteiger partial charge is 0.0516 e. The van der Waals surface area contributed by atoms with Crippen LogP contribution in [-0.4, -0.2) is 6.54 Å². The largest absolute Gasteiger partial charge is 0.367 e. The molecule has 0 aliphatic carbocycles. The van der Waals surface area contributed by atoms with E-state index in [1.165, 1.54) is 16.8 Å². The van der Waals surface area contributed by atoms with Crippen molar-refractivity contribution < 1.29 is 0 Å². The van der Waals surface area contributed by atoms with Gasteiger partial charge in [-0.05, 0) is 53.0 Å². The first-order valence-corrected chi connectivity index (χ1v) is 7.05. The fourth-order valence-corrected chi connectivity index (χ4v) is 2.53. The number of hydrogen-bond acceptors (Lipinski definition) is 1. The Morgan fingerprint density at radius 3 is 2.44 bits per heavy atom. The fraction of sp³-hybridized carbons (Fsp3) is 0.250. The molecule has 0 saturated carbocycles. The van der Waals surface area contributed by atoms with E-state index in [1.54, 1.807) is 0 Å². The summed E-state index contributed by atoms with van der Waals surface area (Å²) in [5.74, 6) is 0. The maximum Gasteiger partial charge on any atom is 0.0516 e. The van der Waals surface area contributed by atoms with E-state index < -0.39 is 0 Å². The predicted molar refractivity (Wildman–Crippen MR) is 82.0 cm³/mol. The molecule has 1 nitrogen and oxygen atoms in total. The highest BCUT2D eigenvalue weighted by Gasteiger charge is 2.09. The molecule has 94 valence electrons. The molecule has 0 atom stereocenters. The minimum absolute atomic E-state index is 0.944. The van der Waals surface area contributed by atoms with Crippen LogP contribution < -0.4 is 4.90 Å². The monoisotopic (exact) mass is 303 g/mol. The topological polar surface area (TPSA) is 3.24 Å². The first-order valence-electron chi connectivity index (χ1n) is 6.25. The van der Waals surface area contributed by atoms with Crippen LogP contribution in [0.3, 0.4) is 0 Å². The second kappa shape index (κ2) is 6.05. The average Bonchev–Trinajstić information content (AvgIpc) is 2.40. The molecule has 0 aliphatic rings. The van der Waals surface area contributed by atoms with Gasteiger partial charge in [-0.3, -0.25) is 0 Å². The molecule has 0 unspecified atom stereocenters. The Morgan fingerprint density at radius 1 is 1.06 bits per heavy atom. The summed E-state index contributed by atoms with van der Waals surface area (Å²) in [4.78, 5) is 2.38. The number of hydrogen-bond donors (Lipinski definition) is 0. The zero-order valence-corrected chi connectivity index (χ0v) is 12.4. The lowest BCUT2D eigenvalue weighted by Crippen LogP contribution is -2.22. The standard InChI is InChI=1S/C16H18BrN/c1-3-18(12-14-7-5-4-6-8-14)16-11-13(2)9-10-15(16)17/h4-11H,3,12H2,1-2H3. The van der Waals surface area contributed by atoms with Crippen molar-refractivity contribution in [1.29, 1.82) is 0 Å². The first-order chi connectivity index (χ1) is 8.70. The molecular weight excluding hydrogens is 286 g/mol. The number of anilines is 1. The Labute approximate surface area is 118 Å². The van der Waals surface area contributed by atoms with Crippen molar-refractivity contribution in [1.82, 2.24) is 0 Å². The highest BCUT2D eigenvalue weighted by atomic mass is 79.9. The number of aryl methyl sites for hydroxylation is 1. The summed E-state index contributed by atoms with van der Waals surface area (Å²) < 4.78 is 1.16. The van der Waals surface area contributed by atoms with Crippen LogP contribution >= 0.6 is 15.9 Å². The summed E-state index contributed by atoms with van der Waals surface area (Å²) in [6.07, 6.45) is 0. The molecule has 2 aromatic rings. The Morgan fingerprint density at radius 2 is 1.78 bits per heavy atom. The van der Waals surface area contributed by atoms with Gasteiger partial charge in [0.25, 0.3) is 0 Å². The minimum Gasteiger partial charge on any atom is -0.367 e. The van der Waals surface area contributed by atoms with Gasteiger partial charge in [-0.15, -0.1) is 0 Å². The van der Waals surface area contributed by atoms with Crippen molar-refractivity contribution >= 4 is 21.6 Å². The van der Waals surface area contributed by atoms with E-state index in [0.717, 1.165) is 17.6 Å². The van der Waals surface area contributed by atoms with Crippen LogP contribution in [0.15, 0.2) is 53.0 Å². The summed E-state index contributed by atoms with van der Waals surface area (Å²) in [5, 5.41) is 0. The van der Waals surface area contributed by atoms with Gasteiger partial charge in [0.2, 0.25) is 0 Å².